The molecule has 5 heterocycles. The molecule has 3 N–H and O–H groups in total. The van der Waals surface area contributed by atoms with Gasteiger partial charge in [-0.25, -0.2) is 18.1 Å². The summed E-state index contributed by atoms with van der Waals surface area (Å²) in [6.07, 6.45) is 11.0. The van der Waals surface area contributed by atoms with Gasteiger partial charge in [-0.2, -0.15) is 5.10 Å². The van der Waals surface area contributed by atoms with Crippen LogP contribution in [0.2, 0.25) is 0 Å². The summed E-state index contributed by atoms with van der Waals surface area (Å²) in [6.45, 7) is 4.14. The van der Waals surface area contributed by atoms with Crippen LogP contribution in [0, 0.1) is 6.92 Å². The molecule has 12 heteroatoms. The molecule has 1 fully saturated rings. The van der Waals surface area contributed by atoms with Gasteiger partial charge in [0.1, 0.15) is 4.21 Å². The van der Waals surface area contributed by atoms with E-state index in [-0.39, 0.29) is 12.1 Å². The number of aromatic nitrogens is 2. The summed E-state index contributed by atoms with van der Waals surface area (Å²) in [5.74, 6) is 1.37. The van der Waals surface area contributed by atoms with Crippen molar-refractivity contribution in [2.45, 2.75) is 42.5 Å². The van der Waals surface area contributed by atoms with Crippen molar-refractivity contribution >= 4 is 38.0 Å². The second-order valence-corrected chi connectivity index (χ2v) is 12.3. The number of sulfonamides is 1. The van der Waals surface area contributed by atoms with Crippen LogP contribution in [-0.4, -0.2) is 60.4 Å². The van der Waals surface area contributed by atoms with Gasteiger partial charge >= 0.3 is 0 Å². The molecule has 0 saturated heterocycles. The van der Waals surface area contributed by atoms with E-state index in [0.717, 1.165) is 65.6 Å². The van der Waals surface area contributed by atoms with Gasteiger partial charge in [0, 0.05) is 37.6 Å². The Bertz CT molecular complexity index is 1390. The van der Waals surface area contributed by atoms with E-state index < -0.39 is 10.0 Å². The third-order valence-corrected chi connectivity index (χ3v) is 9.73. The number of nitrogens with zero attached hydrogens (tertiary/aromatic N) is 5. The van der Waals surface area contributed by atoms with Crippen LogP contribution in [0.1, 0.15) is 36.4 Å². The number of anilines is 1. The first-order chi connectivity index (χ1) is 16.9. The molecule has 2 aromatic rings. The SMILES string of the molecule is Cc1cc(NC2=NC(C3=CCCNC3)=CN3C2=NCC3c2cnn(C)c2)sc1S(=O)(=O)NC1CC1. The summed E-state index contributed by atoms with van der Waals surface area (Å²) in [4.78, 5) is 11.9. The largest absolute Gasteiger partial charge is 0.329 e. The van der Waals surface area contributed by atoms with Crippen molar-refractivity contribution in [3.8, 4) is 0 Å². The zero-order valence-electron chi connectivity index (χ0n) is 19.7. The number of hydrogen-bond acceptors (Lipinski definition) is 9. The second kappa shape index (κ2) is 8.70. The molecular weight excluding hydrogens is 484 g/mol. The Labute approximate surface area is 208 Å². The zero-order chi connectivity index (χ0) is 24.2. The maximum Gasteiger partial charge on any atom is 0.250 e. The predicted octanol–water partition coefficient (Wildman–Crippen LogP) is 2.27. The Balaban J connectivity index is 1.33. The lowest BCUT2D eigenvalue weighted by molar-refractivity contribution is 0.455. The minimum atomic E-state index is -3.53. The highest BCUT2D eigenvalue weighted by atomic mass is 32.2. The van der Waals surface area contributed by atoms with Crippen LogP contribution in [0.3, 0.4) is 0 Å². The van der Waals surface area contributed by atoms with Gasteiger partial charge in [0.2, 0.25) is 0 Å². The van der Waals surface area contributed by atoms with E-state index >= 15 is 0 Å². The fourth-order valence-electron chi connectivity index (χ4n) is 4.51. The lowest BCUT2D eigenvalue weighted by atomic mass is 10.1. The number of rotatable bonds is 6. The average Bonchev–Trinajstić information content (AvgIpc) is 3.19. The number of hydrogen-bond donors (Lipinski definition) is 3. The molecule has 3 aliphatic heterocycles. The third-order valence-electron chi connectivity index (χ3n) is 6.42. The molecule has 4 aliphatic rings. The van der Waals surface area contributed by atoms with Gasteiger partial charge < -0.3 is 15.5 Å². The Kier molecular flexibility index (Phi) is 5.63. The van der Waals surface area contributed by atoms with E-state index in [9.17, 15) is 8.42 Å². The third kappa shape index (κ3) is 4.46. The Hall–Kier alpha value is -2.80. The van der Waals surface area contributed by atoms with E-state index in [2.05, 4.69) is 37.6 Å². The standard InChI is InChI=1S/C23H28N8O2S2/c1-14-8-20(34-23(14)35(32,33)29-17-5-6-17)28-21-22-25-11-19(16-10-26-30(2)12-16)31(22)13-18(27-21)15-4-3-7-24-9-15/h4,8,10,12-13,17,19,24,29H,3,5-7,9,11H2,1-2H3,(H,27,28). The molecule has 0 aromatic carbocycles. The number of aliphatic imine (C=N–C) groups is 2. The number of nitrogens with one attached hydrogen (secondary N) is 3. The van der Waals surface area contributed by atoms with E-state index in [0.29, 0.717) is 16.6 Å². The quantitative estimate of drug-likeness (QED) is 0.547. The van der Waals surface area contributed by atoms with Gasteiger partial charge in [-0.15, -0.1) is 11.3 Å². The highest BCUT2D eigenvalue weighted by Gasteiger charge is 2.36. The Morgan fingerprint density at radius 3 is 2.86 bits per heavy atom. The first kappa shape index (κ1) is 22.7. The molecule has 2 aromatic heterocycles. The smallest absolute Gasteiger partial charge is 0.250 e. The summed E-state index contributed by atoms with van der Waals surface area (Å²) in [6, 6.07) is 1.96. The van der Waals surface area contributed by atoms with E-state index in [1.54, 1.807) is 4.68 Å². The molecule has 6 rings (SSSR count). The van der Waals surface area contributed by atoms with Gasteiger partial charge in [0.05, 0.1) is 29.5 Å². The number of amidine groups is 2. The highest BCUT2D eigenvalue weighted by molar-refractivity contribution is 7.91. The monoisotopic (exact) mass is 512 g/mol. The first-order valence-corrected chi connectivity index (χ1v) is 14.1. The lowest BCUT2D eigenvalue weighted by Gasteiger charge is -2.29. The van der Waals surface area contributed by atoms with Crippen molar-refractivity contribution < 1.29 is 8.42 Å². The van der Waals surface area contributed by atoms with E-state index in [1.165, 1.54) is 11.3 Å². The fraction of sp³-hybridized carbons (Fsp3) is 0.435. The normalized spacial score (nSPS) is 22.3. The molecule has 1 saturated carbocycles. The van der Waals surface area contributed by atoms with E-state index in [1.807, 2.05) is 32.4 Å². The van der Waals surface area contributed by atoms with Crippen LogP contribution >= 0.6 is 11.3 Å². The molecule has 0 amide bonds. The summed E-state index contributed by atoms with van der Waals surface area (Å²) >= 11 is 1.23. The van der Waals surface area contributed by atoms with Crippen LogP contribution < -0.4 is 15.4 Å². The second-order valence-electron chi connectivity index (χ2n) is 9.31. The van der Waals surface area contributed by atoms with Gasteiger partial charge in [0.15, 0.2) is 11.7 Å². The maximum atomic E-state index is 12.8. The molecule has 184 valence electrons. The van der Waals surface area contributed by atoms with Crippen LogP contribution in [0.5, 0.6) is 0 Å². The van der Waals surface area contributed by atoms with Gasteiger partial charge in [-0.1, -0.05) is 6.08 Å². The molecule has 10 nitrogen and oxygen atoms in total. The number of fused-ring (bicyclic) bond motifs is 1. The van der Waals surface area contributed by atoms with Crippen molar-refractivity contribution in [3.05, 3.63) is 53.1 Å². The molecule has 0 bridgehead atoms. The topological polar surface area (TPSA) is 116 Å². The lowest BCUT2D eigenvalue weighted by Crippen LogP contribution is -2.38. The Morgan fingerprint density at radius 2 is 2.14 bits per heavy atom. The van der Waals surface area contributed by atoms with Crippen LogP contribution in [0.15, 0.2) is 56.2 Å². The number of thiophene rings is 1. The van der Waals surface area contributed by atoms with Crippen molar-refractivity contribution in [1.82, 2.24) is 24.7 Å². The van der Waals surface area contributed by atoms with Gasteiger partial charge in [-0.05, 0) is 49.9 Å². The van der Waals surface area contributed by atoms with Crippen molar-refractivity contribution in [2.24, 2.45) is 17.0 Å². The van der Waals surface area contributed by atoms with Gasteiger partial charge in [-0.3, -0.25) is 9.67 Å². The van der Waals surface area contributed by atoms with Crippen LogP contribution in [-0.2, 0) is 17.1 Å². The summed E-state index contributed by atoms with van der Waals surface area (Å²) in [7, 11) is -1.62. The van der Waals surface area contributed by atoms with Crippen LogP contribution in [0.4, 0.5) is 5.00 Å². The van der Waals surface area contributed by atoms with Crippen molar-refractivity contribution in [3.63, 3.8) is 0 Å². The van der Waals surface area contributed by atoms with Crippen LogP contribution in [0.25, 0.3) is 0 Å². The molecule has 1 unspecified atom stereocenters. The molecule has 0 spiro atoms. The Morgan fingerprint density at radius 1 is 1.29 bits per heavy atom. The van der Waals surface area contributed by atoms with Crippen molar-refractivity contribution in [2.75, 3.05) is 25.0 Å². The predicted molar refractivity (Wildman–Crippen MR) is 137 cm³/mol. The molecule has 0 radical (unpaired) electrons. The first-order valence-electron chi connectivity index (χ1n) is 11.8. The van der Waals surface area contributed by atoms with Gasteiger partial charge in [0.25, 0.3) is 10.0 Å². The number of aryl methyl sites for hydroxylation is 2. The maximum absolute atomic E-state index is 12.8. The molecular formula is C23H28N8O2S2. The van der Waals surface area contributed by atoms with Crippen molar-refractivity contribution in [1.29, 1.82) is 0 Å². The average molecular weight is 513 g/mol. The molecule has 1 atom stereocenters. The van der Waals surface area contributed by atoms with E-state index in [4.69, 9.17) is 9.98 Å². The highest BCUT2D eigenvalue weighted by Crippen LogP contribution is 2.35. The minimum absolute atomic E-state index is 0.0295. The molecule has 1 aliphatic carbocycles. The fourth-order valence-corrected chi connectivity index (χ4v) is 7.43. The summed E-state index contributed by atoms with van der Waals surface area (Å²) < 4.78 is 30.6. The summed E-state index contributed by atoms with van der Waals surface area (Å²) in [5, 5.41) is 11.9. The zero-order valence-corrected chi connectivity index (χ0v) is 21.3. The minimum Gasteiger partial charge on any atom is -0.329 e. The summed E-state index contributed by atoms with van der Waals surface area (Å²) in [5.41, 5.74) is 3.83. The molecule has 35 heavy (non-hydrogen) atoms.